The van der Waals surface area contributed by atoms with Gasteiger partial charge in [-0.15, -0.1) is 0 Å². The van der Waals surface area contributed by atoms with Gasteiger partial charge < -0.3 is 15.0 Å². The van der Waals surface area contributed by atoms with Crippen LogP contribution in [0.15, 0.2) is 42.6 Å². The number of amides is 1. The second-order valence-electron chi connectivity index (χ2n) is 5.50. The van der Waals surface area contributed by atoms with Gasteiger partial charge in [-0.1, -0.05) is 23.7 Å². The number of benzene rings is 2. The van der Waals surface area contributed by atoms with E-state index in [-0.39, 0.29) is 5.91 Å². The highest BCUT2D eigenvalue weighted by Crippen LogP contribution is 2.23. The molecule has 0 atom stereocenters. The van der Waals surface area contributed by atoms with Gasteiger partial charge in [-0.3, -0.25) is 4.79 Å². The van der Waals surface area contributed by atoms with Crippen LogP contribution in [0.25, 0.3) is 10.9 Å². The van der Waals surface area contributed by atoms with Crippen molar-refractivity contribution in [2.75, 3.05) is 13.7 Å². The number of nitrogens with one attached hydrogen (secondary N) is 2. The van der Waals surface area contributed by atoms with Gasteiger partial charge in [0.25, 0.3) is 5.91 Å². The van der Waals surface area contributed by atoms with Crippen molar-refractivity contribution in [1.29, 1.82) is 0 Å². The first-order valence-corrected chi connectivity index (χ1v) is 8.00. The molecule has 0 bridgehead atoms. The van der Waals surface area contributed by atoms with E-state index < -0.39 is 0 Å². The average molecular weight is 342 g/mol. The fourth-order valence-corrected chi connectivity index (χ4v) is 2.93. The third-order valence-electron chi connectivity index (χ3n) is 3.97. The topological polar surface area (TPSA) is 54.1 Å². The highest BCUT2D eigenvalue weighted by molar-refractivity contribution is 6.31. The average Bonchev–Trinajstić information content (AvgIpc) is 2.96. The third kappa shape index (κ3) is 3.24. The van der Waals surface area contributed by atoms with Crippen LogP contribution in [0.3, 0.4) is 0 Å². The number of H-pyrrole nitrogens is 1. The van der Waals surface area contributed by atoms with Gasteiger partial charge in [0.15, 0.2) is 0 Å². The van der Waals surface area contributed by atoms with Crippen LogP contribution >= 0.6 is 11.6 Å². The van der Waals surface area contributed by atoms with Crippen molar-refractivity contribution in [3.8, 4) is 5.75 Å². The molecule has 0 aliphatic rings. The number of hydrogen-bond acceptors (Lipinski definition) is 2. The number of fused-ring (bicyclic) bond motifs is 1. The predicted molar refractivity (Wildman–Crippen MR) is 96.8 cm³/mol. The number of ether oxygens (including phenoxy) is 1. The molecule has 3 aromatic rings. The zero-order valence-corrected chi connectivity index (χ0v) is 14.1. The Hall–Kier alpha value is -2.46. The molecule has 0 aliphatic heterocycles. The number of halogens is 1. The molecule has 0 saturated heterocycles. The fraction of sp³-hybridized carbons (Fsp3) is 0.158. The maximum Gasteiger partial charge on any atom is 0.255 e. The Labute approximate surface area is 145 Å². The molecule has 3 rings (SSSR count). The van der Waals surface area contributed by atoms with Crippen LogP contribution in [0, 0.1) is 6.92 Å². The van der Waals surface area contributed by atoms with Crippen LogP contribution < -0.4 is 10.1 Å². The van der Waals surface area contributed by atoms with Crippen molar-refractivity contribution in [3.05, 3.63) is 71.2 Å². The summed E-state index contributed by atoms with van der Waals surface area (Å²) in [6, 6.07) is 11.1. The molecule has 0 spiro atoms. The zero-order valence-electron chi connectivity index (χ0n) is 13.4. The Morgan fingerprint density at radius 2 is 2.17 bits per heavy atom. The van der Waals surface area contributed by atoms with Crippen LogP contribution in [0.2, 0.25) is 5.02 Å². The lowest BCUT2D eigenvalue weighted by molar-refractivity contribution is 0.0951. The molecular weight excluding hydrogens is 324 g/mol. The molecule has 1 amide bonds. The van der Waals surface area contributed by atoms with Gasteiger partial charge in [-0.25, -0.2) is 0 Å². The van der Waals surface area contributed by atoms with Gasteiger partial charge in [0, 0.05) is 28.7 Å². The summed E-state index contributed by atoms with van der Waals surface area (Å²) in [7, 11) is 1.54. The van der Waals surface area contributed by atoms with Gasteiger partial charge in [-0.2, -0.15) is 0 Å². The van der Waals surface area contributed by atoms with Gasteiger partial charge in [0.1, 0.15) is 5.75 Å². The number of aromatic nitrogens is 1. The van der Waals surface area contributed by atoms with Crippen molar-refractivity contribution >= 4 is 28.4 Å². The number of aromatic amines is 1. The van der Waals surface area contributed by atoms with Crippen LogP contribution in [0.4, 0.5) is 0 Å². The molecule has 5 heteroatoms. The summed E-state index contributed by atoms with van der Waals surface area (Å²) in [5.41, 5.74) is 3.26. The number of methoxy groups -OCH3 is 1. The minimum atomic E-state index is -0.185. The molecule has 0 fully saturated rings. The van der Waals surface area contributed by atoms with Crippen molar-refractivity contribution in [3.63, 3.8) is 0 Å². The summed E-state index contributed by atoms with van der Waals surface area (Å²) in [5, 5.41) is 4.70. The zero-order chi connectivity index (χ0) is 17.1. The first kappa shape index (κ1) is 16.4. The van der Waals surface area contributed by atoms with E-state index in [2.05, 4.69) is 17.2 Å². The van der Waals surface area contributed by atoms with E-state index in [1.165, 1.54) is 0 Å². The van der Waals surface area contributed by atoms with Crippen LogP contribution in [0.5, 0.6) is 5.75 Å². The summed E-state index contributed by atoms with van der Waals surface area (Å²) in [5.74, 6) is 0.342. The summed E-state index contributed by atoms with van der Waals surface area (Å²) in [6.45, 7) is 4.41. The maximum absolute atomic E-state index is 12.4. The lowest BCUT2D eigenvalue weighted by Gasteiger charge is -2.11. The Bertz CT molecular complexity index is 886. The van der Waals surface area contributed by atoms with E-state index in [4.69, 9.17) is 16.3 Å². The molecule has 24 heavy (non-hydrogen) atoms. The van der Waals surface area contributed by atoms with E-state index in [9.17, 15) is 4.79 Å². The molecule has 0 saturated carbocycles. The molecular formula is C19H18ClN2O2. The largest absolute Gasteiger partial charge is 0.496 e. The van der Waals surface area contributed by atoms with Crippen molar-refractivity contribution < 1.29 is 9.53 Å². The molecule has 0 aliphatic carbocycles. The van der Waals surface area contributed by atoms with E-state index in [1.54, 1.807) is 19.2 Å². The molecule has 1 heterocycles. The highest BCUT2D eigenvalue weighted by atomic mass is 35.5. The fourth-order valence-electron chi connectivity index (χ4n) is 2.76. The van der Waals surface area contributed by atoms with Gasteiger partial charge >= 0.3 is 0 Å². The van der Waals surface area contributed by atoms with Gasteiger partial charge in [0.2, 0.25) is 0 Å². The van der Waals surface area contributed by atoms with E-state index >= 15 is 0 Å². The second kappa shape index (κ2) is 6.97. The molecule has 2 aromatic carbocycles. The Balaban J connectivity index is 1.70. The minimum absolute atomic E-state index is 0.185. The quantitative estimate of drug-likeness (QED) is 0.737. The lowest BCUT2D eigenvalue weighted by atomic mass is 10.1. The van der Waals surface area contributed by atoms with Crippen molar-refractivity contribution in [1.82, 2.24) is 10.3 Å². The SMILES string of the molecule is [CH2]c1cccc(OC)c1C(=O)NCCc1c[nH]c2ccc(Cl)cc12. The number of hydrogen-bond donors (Lipinski definition) is 2. The highest BCUT2D eigenvalue weighted by Gasteiger charge is 2.14. The molecule has 0 unspecified atom stereocenters. The summed E-state index contributed by atoms with van der Waals surface area (Å²) >= 11 is 6.06. The first-order chi connectivity index (χ1) is 11.6. The molecule has 1 radical (unpaired) electrons. The van der Waals surface area contributed by atoms with E-state index in [0.29, 0.717) is 34.9 Å². The first-order valence-electron chi connectivity index (χ1n) is 7.63. The Morgan fingerprint density at radius 3 is 2.96 bits per heavy atom. The number of carbonyl (C=O) groups is 1. The smallest absolute Gasteiger partial charge is 0.255 e. The molecule has 123 valence electrons. The standard InChI is InChI=1S/C19H18ClN2O2/c1-12-4-3-5-17(24-2)18(12)19(23)21-9-8-13-11-22-16-7-6-14(20)10-15(13)16/h3-7,10-11,22H,1,8-9H2,2H3,(H,21,23). The number of rotatable bonds is 5. The van der Waals surface area contributed by atoms with Crippen LogP contribution in [0.1, 0.15) is 21.5 Å². The van der Waals surface area contributed by atoms with Gasteiger partial charge in [0.05, 0.1) is 12.7 Å². The summed E-state index contributed by atoms with van der Waals surface area (Å²) in [6.07, 6.45) is 2.65. The molecule has 2 N–H and O–H groups in total. The minimum Gasteiger partial charge on any atom is -0.496 e. The summed E-state index contributed by atoms with van der Waals surface area (Å²) < 4.78 is 5.25. The molecule has 4 nitrogen and oxygen atoms in total. The number of carbonyl (C=O) groups excluding carboxylic acids is 1. The molecule has 1 aromatic heterocycles. The van der Waals surface area contributed by atoms with Crippen LogP contribution in [-0.2, 0) is 6.42 Å². The van der Waals surface area contributed by atoms with E-state index in [1.807, 2.05) is 30.5 Å². The Morgan fingerprint density at radius 1 is 1.33 bits per heavy atom. The van der Waals surface area contributed by atoms with E-state index in [0.717, 1.165) is 16.5 Å². The second-order valence-corrected chi connectivity index (χ2v) is 5.94. The lowest BCUT2D eigenvalue weighted by Crippen LogP contribution is -2.26. The van der Waals surface area contributed by atoms with Crippen LogP contribution in [-0.4, -0.2) is 24.5 Å². The predicted octanol–water partition coefficient (Wildman–Crippen LogP) is 3.98. The summed E-state index contributed by atoms with van der Waals surface area (Å²) in [4.78, 5) is 15.6. The normalized spacial score (nSPS) is 10.8. The van der Waals surface area contributed by atoms with Crippen molar-refractivity contribution in [2.24, 2.45) is 0 Å². The Kier molecular flexibility index (Phi) is 4.76. The van der Waals surface area contributed by atoms with Gasteiger partial charge in [-0.05, 0) is 48.7 Å². The monoisotopic (exact) mass is 341 g/mol. The van der Waals surface area contributed by atoms with Crippen molar-refractivity contribution in [2.45, 2.75) is 6.42 Å². The third-order valence-corrected chi connectivity index (χ3v) is 4.20. The maximum atomic E-state index is 12.4.